The Bertz CT molecular complexity index is 740. The van der Waals surface area contributed by atoms with E-state index in [2.05, 4.69) is 10.3 Å². The van der Waals surface area contributed by atoms with Gasteiger partial charge in [0.05, 0.1) is 24.3 Å². The summed E-state index contributed by atoms with van der Waals surface area (Å²) in [5.41, 5.74) is -0.377. The Kier molecular flexibility index (Phi) is 8.42. The van der Waals surface area contributed by atoms with Crippen molar-refractivity contribution in [1.29, 1.82) is 0 Å². The van der Waals surface area contributed by atoms with Crippen molar-refractivity contribution >= 4 is 11.8 Å². The summed E-state index contributed by atoms with van der Waals surface area (Å²) in [6.45, 7) is 3.76. The van der Waals surface area contributed by atoms with Crippen LogP contribution in [0.3, 0.4) is 0 Å². The summed E-state index contributed by atoms with van der Waals surface area (Å²) in [6.07, 6.45) is -1.14. The first-order valence-corrected chi connectivity index (χ1v) is 10.2. The van der Waals surface area contributed by atoms with E-state index < -0.39 is 47.9 Å². The number of hydrogen-bond donors (Lipinski definition) is 0. The molecule has 0 aliphatic heterocycles. The minimum atomic E-state index is -3.37. The molecule has 2 rings (SSSR count). The Morgan fingerprint density at radius 2 is 1.97 bits per heavy atom. The highest BCUT2D eigenvalue weighted by molar-refractivity contribution is 5.85. The summed E-state index contributed by atoms with van der Waals surface area (Å²) in [5, 5.41) is 7.36. The lowest BCUT2D eigenvalue weighted by atomic mass is 9.82. The number of ketones is 1. The minimum absolute atomic E-state index is 0.0370. The van der Waals surface area contributed by atoms with Crippen LogP contribution in [0.4, 0.5) is 8.78 Å². The number of esters is 1. The van der Waals surface area contributed by atoms with Crippen LogP contribution in [-0.4, -0.2) is 53.2 Å². The van der Waals surface area contributed by atoms with Gasteiger partial charge >= 0.3 is 5.97 Å². The fourth-order valence-corrected chi connectivity index (χ4v) is 3.92. The van der Waals surface area contributed by atoms with E-state index in [1.165, 1.54) is 25.9 Å². The normalized spacial score (nSPS) is 24.4. The molecule has 2 unspecified atom stereocenters. The first-order valence-electron chi connectivity index (χ1n) is 10.2. The van der Waals surface area contributed by atoms with Crippen LogP contribution in [0.2, 0.25) is 0 Å². The largest absolute Gasteiger partial charge is 0.463 e. The Labute approximate surface area is 175 Å². The summed E-state index contributed by atoms with van der Waals surface area (Å²) in [4.78, 5) is 24.7. The average Bonchev–Trinajstić information content (AvgIpc) is 3.06. The van der Waals surface area contributed by atoms with Crippen molar-refractivity contribution in [1.82, 2.24) is 15.0 Å². The van der Waals surface area contributed by atoms with Gasteiger partial charge in [0, 0.05) is 40.0 Å². The van der Waals surface area contributed by atoms with Crippen molar-refractivity contribution in [2.45, 2.75) is 76.6 Å². The predicted octanol–water partition coefficient (Wildman–Crippen LogP) is 3.10. The molecule has 0 amide bonds. The number of rotatable bonds is 9. The number of ether oxygens (including phenoxy) is 3. The SMILES string of the molecule is CCCC(C)OC(=O)CCC(=O)C1C[C@H](OC)[C@@H](OC)c2c(nnn2C)C(F)(F)C1. The Balaban J connectivity index is 2.17. The molecule has 0 saturated heterocycles. The predicted molar refractivity (Wildman–Crippen MR) is 103 cm³/mol. The summed E-state index contributed by atoms with van der Waals surface area (Å²) >= 11 is 0. The molecule has 0 bridgehead atoms. The van der Waals surface area contributed by atoms with Crippen molar-refractivity contribution in [3.05, 3.63) is 11.4 Å². The molecular weight excluding hydrogens is 400 g/mol. The van der Waals surface area contributed by atoms with Gasteiger partial charge in [-0.25, -0.2) is 4.68 Å². The molecule has 1 aromatic heterocycles. The highest BCUT2D eigenvalue weighted by Crippen LogP contribution is 2.44. The highest BCUT2D eigenvalue weighted by atomic mass is 19.3. The number of halogens is 2. The fraction of sp³-hybridized carbons (Fsp3) is 0.800. The standard InChI is InChI=1S/C20H31F2N3O5/c1-6-7-12(2)30-16(27)9-8-14(26)13-10-15(28-4)18(29-5)17-19(20(21,22)11-13)23-24-25(17)3/h12-13,15,18H,6-11H2,1-5H3/t12?,13?,15-,18+/m0/s1. The van der Waals surface area contributed by atoms with E-state index >= 15 is 8.78 Å². The van der Waals surface area contributed by atoms with Gasteiger partial charge in [-0.3, -0.25) is 9.59 Å². The maximum Gasteiger partial charge on any atom is 0.306 e. The van der Waals surface area contributed by atoms with E-state index in [4.69, 9.17) is 14.2 Å². The molecule has 0 N–H and O–H groups in total. The third-order valence-electron chi connectivity index (χ3n) is 5.46. The molecule has 1 aromatic rings. The lowest BCUT2D eigenvalue weighted by Crippen LogP contribution is -2.37. The van der Waals surface area contributed by atoms with Gasteiger partial charge in [-0.05, 0) is 19.8 Å². The van der Waals surface area contributed by atoms with Gasteiger partial charge in [0.2, 0.25) is 0 Å². The van der Waals surface area contributed by atoms with Gasteiger partial charge < -0.3 is 14.2 Å². The number of hydrogen-bond acceptors (Lipinski definition) is 7. The summed E-state index contributed by atoms with van der Waals surface area (Å²) < 4.78 is 47.4. The first kappa shape index (κ1) is 24.3. The van der Waals surface area contributed by atoms with Gasteiger partial charge in [-0.2, -0.15) is 8.78 Å². The number of aromatic nitrogens is 3. The van der Waals surface area contributed by atoms with Crippen LogP contribution >= 0.6 is 0 Å². The van der Waals surface area contributed by atoms with Gasteiger partial charge in [0.15, 0.2) is 5.69 Å². The topological polar surface area (TPSA) is 92.5 Å². The van der Waals surface area contributed by atoms with Crippen LogP contribution in [0, 0.1) is 5.92 Å². The quantitative estimate of drug-likeness (QED) is 0.555. The minimum Gasteiger partial charge on any atom is -0.463 e. The number of carbonyl (C=O) groups excluding carboxylic acids is 2. The molecule has 30 heavy (non-hydrogen) atoms. The van der Waals surface area contributed by atoms with Crippen LogP contribution in [0.25, 0.3) is 0 Å². The zero-order valence-electron chi connectivity index (χ0n) is 18.2. The number of methoxy groups -OCH3 is 2. The van der Waals surface area contributed by atoms with Crippen molar-refractivity contribution in [3.8, 4) is 0 Å². The molecule has 0 saturated carbocycles. The van der Waals surface area contributed by atoms with Crippen LogP contribution in [-0.2, 0) is 36.8 Å². The molecular formula is C20H31F2N3O5. The van der Waals surface area contributed by atoms with E-state index in [1.807, 2.05) is 6.92 Å². The molecule has 1 heterocycles. The maximum atomic E-state index is 15.0. The number of aryl methyl sites for hydroxylation is 1. The number of nitrogens with zero attached hydrogens (tertiary/aromatic N) is 3. The Hall–Kier alpha value is -1.94. The molecule has 1 aliphatic rings. The lowest BCUT2D eigenvalue weighted by molar-refractivity contribution is -0.150. The van der Waals surface area contributed by atoms with E-state index in [-0.39, 0.29) is 31.1 Å². The second-order valence-electron chi connectivity index (χ2n) is 7.77. The molecule has 0 radical (unpaired) electrons. The van der Waals surface area contributed by atoms with Crippen molar-refractivity contribution in [2.24, 2.45) is 13.0 Å². The third-order valence-corrected chi connectivity index (χ3v) is 5.46. The summed E-state index contributed by atoms with van der Waals surface area (Å²) in [6, 6.07) is 0. The van der Waals surface area contributed by atoms with Crippen LogP contribution in [0.1, 0.15) is 69.9 Å². The summed E-state index contributed by atoms with van der Waals surface area (Å²) in [7, 11) is 4.33. The van der Waals surface area contributed by atoms with Crippen molar-refractivity contribution in [2.75, 3.05) is 14.2 Å². The number of fused-ring (bicyclic) bond motifs is 1. The second-order valence-corrected chi connectivity index (χ2v) is 7.77. The number of Topliss-reactive ketones (excluding diaryl/α,β-unsaturated/α-hetero) is 1. The fourth-order valence-electron chi connectivity index (χ4n) is 3.92. The first-order chi connectivity index (χ1) is 14.1. The van der Waals surface area contributed by atoms with Gasteiger partial charge in [0.25, 0.3) is 5.92 Å². The zero-order valence-corrected chi connectivity index (χ0v) is 18.2. The molecule has 170 valence electrons. The van der Waals surface area contributed by atoms with Crippen LogP contribution in [0.5, 0.6) is 0 Å². The van der Waals surface area contributed by atoms with Gasteiger partial charge in [0.1, 0.15) is 11.9 Å². The van der Waals surface area contributed by atoms with E-state index in [0.29, 0.717) is 0 Å². The molecule has 1 aliphatic carbocycles. The zero-order chi connectivity index (χ0) is 22.5. The van der Waals surface area contributed by atoms with Gasteiger partial charge in [-0.15, -0.1) is 5.10 Å². The third kappa shape index (κ3) is 5.60. The summed E-state index contributed by atoms with van der Waals surface area (Å²) in [5.74, 6) is -5.32. The molecule has 0 fully saturated rings. The van der Waals surface area contributed by atoms with Crippen molar-refractivity contribution in [3.63, 3.8) is 0 Å². The molecule has 0 aromatic carbocycles. The van der Waals surface area contributed by atoms with E-state index in [0.717, 1.165) is 12.8 Å². The monoisotopic (exact) mass is 431 g/mol. The maximum absolute atomic E-state index is 15.0. The smallest absolute Gasteiger partial charge is 0.306 e. The van der Waals surface area contributed by atoms with Crippen LogP contribution in [0.15, 0.2) is 0 Å². The van der Waals surface area contributed by atoms with Crippen molar-refractivity contribution < 1.29 is 32.6 Å². The Morgan fingerprint density at radius 1 is 1.27 bits per heavy atom. The molecule has 10 heteroatoms. The average molecular weight is 431 g/mol. The molecule has 4 atom stereocenters. The molecule has 0 spiro atoms. The number of carbonyl (C=O) groups is 2. The Morgan fingerprint density at radius 3 is 2.57 bits per heavy atom. The van der Waals surface area contributed by atoms with E-state index in [9.17, 15) is 9.59 Å². The van der Waals surface area contributed by atoms with E-state index in [1.54, 1.807) is 6.92 Å². The molecule has 8 nitrogen and oxygen atoms in total. The highest BCUT2D eigenvalue weighted by Gasteiger charge is 2.48. The number of alkyl halides is 2. The lowest BCUT2D eigenvalue weighted by Gasteiger charge is -2.33. The van der Waals surface area contributed by atoms with Gasteiger partial charge in [-0.1, -0.05) is 18.6 Å². The van der Waals surface area contributed by atoms with Crippen LogP contribution < -0.4 is 0 Å². The second kappa shape index (κ2) is 10.4.